The fourth-order valence-corrected chi connectivity index (χ4v) is 0.854. The lowest BCUT2D eigenvalue weighted by molar-refractivity contribution is 0.468. The maximum atomic E-state index is 9.08. The Kier molecular flexibility index (Phi) is 16.9. The molecule has 0 aromatic carbocycles. The molecule has 0 unspecified atom stereocenters. The summed E-state index contributed by atoms with van der Waals surface area (Å²) >= 11 is 0. The van der Waals surface area contributed by atoms with Gasteiger partial charge < -0.3 is 9.11 Å². The van der Waals surface area contributed by atoms with E-state index >= 15 is 0 Å². The van der Waals surface area contributed by atoms with E-state index < -0.39 is 20.2 Å². The predicted molar refractivity (Wildman–Crippen MR) is 70.3 cm³/mol. The zero-order valence-corrected chi connectivity index (χ0v) is 13.1. The van der Waals surface area contributed by atoms with E-state index in [1.807, 2.05) is 0 Å². The van der Waals surface area contributed by atoms with Gasteiger partial charge in [-0.3, -0.25) is 0 Å². The standard InChI is InChI=1S/C8H18.2CH4O3S/c1-3-5-7-8-6-4-2;2*1-5(2,3)4/h3-8H2,1-2H3;2*1H3,(H,2,3,4)/p-2. The first-order chi connectivity index (χ1) is 7.91. The van der Waals surface area contributed by atoms with Crippen molar-refractivity contribution in [2.45, 2.75) is 52.4 Å². The second-order valence-electron chi connectivity index (χ2n) is 3.82. The molecule has 0 saturated carbocycles. The Labute approximate surface area is 111 Å². The van der Waals surface area contributed by atoms with Gasteiger partial charge in [-0.2, -0.15) is 0 Å². The van der Waals surface area contributed by atoms with Crippen LogP contribution in [-0.4, -0.2) is 38.5 Å². The molecule has 0 aliphatic carbocycles. The highest BCUT2D eigenvalue weighted by molar-refractivity contribution is 7.85. The molecule has 0 radical (unpaired) electrons. The van der Waals surface area contributed by atoms with Crippen LogP contribution in [-0.2, 0) is 20.2 Å². The average Bonchev–Trinajstić information content (AvgIpc) is 2.07. The monoisotopic (exact) mass is 304 g/mol. The molecule has 0 spiro atoms. The van der Waals surface area contributed by atoms with Gasteiger partial charge in [-0.05, 0) is 0 Å². The van der Waals surface area contributed by atoms with Crippen molar-refractivity contribution in [3.8, 4) is 0 Å². The summed E-state index contributed by atoms with van der Waals surface area (Å²) in [6, 6.07) is 0. The summed E-state index contributed by atoms with van der Waals surface area (Å²) in [6.07, 6.45) is 9.70. The highest BCUT2D eigenvalue weighted by Crippen LogP contribution is 2.03. The van der Waals surface area contributed by atoms with Gasteiger partial charge in [0.25, 0.3) is 0 Å². The van der Waals surface area contributed by atoms with Gasteiger partial charge in [-0.25, -0.2) is 16.8 Å². The molecule has 0 aliphatic rings. The topological polar surface area (TPSA) is 114 Å². The minimum absolute atomic E-state index is 0.604. The van der Waals surface area contributed by atoms with E-state index in [1.165, 1.54) is 38.5 Å². The molecule has 6 nitrogen and oxygen atoms in total. The largest absolute Gasteiger partial charge is 0.748 e. The predicted octanol–water partition coefficient (Wildman–Crippen LogP) is 1.69. The Morgan fingerprint density at radius 2 is 0.833 bits per heavy atom. The first kappa shape index (κ1) is 23.0. The first-order valence-electron chi connectivity index (χ1n) is 5.73. The number of hydrogen-bond acceptors (Lipinski definition) is 6. The van der Waals surface area contributed by atoms with Crippen LogP contribution in [0.1, 0.15) is 52.4 Å². The summed E-state index contributed by atoms with van der Waals surface area (Å²) < 4.78 is 54.5. The van der Waals surface area contributed by atoms with E-state index in [0.29, 0.717) is 12.5 Å². The molecule has 0 bridgehead atoms. The summed E-state index contributed by atoms with van der Waals surface area (Å²) in [5, 5.41) is 0. The van der Waals surface area contributed by atoms with Gasteiger partial charge in [-0.1, -0.05) is 52.4 Å². The van der Waals surface area contributed by atoms with Crippen molar-refractivity contribution >= 4 is 20.2 Å². The van der Waals surface area contributed by atoms with E-state index in [0.717, 1.165) is 0 Å². The third-order valence-corrected chi connectivity index (χ3v) is 1.46. The van der Waals surface area contributed by atoms with E-state index in [2.05, 4.69) is 13.8 Å². The van der Waals surface area contributed by atoms with Crippen molar-refractivity contribution < 1.29 is 25.9 Å². The van der Waals surface area contributed by atoms with Crippen molar-refractivity contribution in [2.24, 2.45) is 0 Å². The second kappa shape index (κ2) is 13.3. The highest BCUT2D eigenvalue weighted by atomic mass is 32.2. The summed E-state index contributed by atoms with van der Waals surface area (Å²) in [5.74, 6) is 0. The smallest absolute Gasteiger partial charge is 0.0916 e. The Morgan fingerprint density at radius 1 is 0.667 bits per heavy atom. The number of rotatable bonds is 5. The minimum atomic E-state index is -3.92. The highest BCUT2D eigenvalue weighted by Gasteiger charge is 1.83. The molecular weight excluding hydrogens is 280 g/mol. The molecule has 0 aromatic heterocycles. The van der Waals surface area contributed by atoms with Crippen molar-refractivity contribution in [1.82, 2.24) is 0 Å². The average molecular weight is 304 g/mol. The van der Waals surface area contributed by atoms with Crippen molar-refractivity contribution in [2.75, 3.05) is 12.5 Å². The van der Waals surface area contributed by atoms with Gasteiger partial charge in [-0.15, -0.1) is 0 Å². The van der Waals surface area contributed by atoms with Crippen LogP contribution in [0.15, 0.2) is 0 Å². The van der Waals surface area contributed by atoms with Crippen molar-refractivity contribution in [1.29, 1.82) is 0 Å². The van der Waals surface area contributed by atoms with Gasteiger partial charge in [0.05, 0.1) is 20.2 Å². The maximum absolute atomic E-state index is 9.08. The van der Waals surface area contributed by atoms with Crippen LogP contribution in [0.25, 0.3) is 0 Å². The fraction of sp³-hybridized carbons (Fsp3) is 1.00. The zero-order chi connectivity index (χ0) is 15.2. The number of unbranched alkanes of at least 4 members (excludes halogenated alkanes) is 5. The molecule has 8 heteroatoms. The lowest BCUT2D eigenvalue weighted by atomic mass is 10.1. The Hall–Kier alpha value is -0.180. The van der Waals surface area contributed by atoms with Crippen LogP contribution in [0, 0.1) is 0 Å². The normalized spacial score (nSPS) is 10.8. The summed E-state index contributed by atoms with van der Waals surface area (Å²) in [6.45, 7) is 4.51. The van der Waals surface area contributed by atoms with Crippen LogP contribution >= 0.6 is 0 Å². The summed E-state index contributed by atoms with van der Waals surface area (Å²) in [5.41, 5.74) is 0. The van der Waals surface area contributed by atoms with Crippen molar-refractivity contribution in [3.63, 3.8) is 0 Å². The van der Waals surface area contributed by atoms with E-state index in [9.17, 15) is 0 Å². The third kappa shape index (κ3) is 150. The van der Waals surface area contributed by atoms with Gasteiger partial charge >= 0.3 is 0 Å². The van der Waals surface area contributed by atoms with Gasteiger partial charge in [0.2, 0.25) is 0 Å². The molecule has 0 aromatic rings. The van der Waals surface area contributed by atoms with Crippen molar-refractivity contribution in [3.05, 3.63) is 0 Å². The summed E-state index contributed by atoms with van der Waals surface area (Å²) in [4.78, 5) is 0. The molecule has 18 heavy (non-hydrogen) atoms. The zero-order valence-electron chi connectivity index (χ0n) is 11.5. The Balaban J connectivity index is -0.000000197. The molecule has 0 heterocycles. The van der Waals surface area contributed by atoms with Crippen LogP contribution in [0.3, 0.4) is 0 Å². The van der Waals surface area contributed by atoms with Crippen LogP contribution in [0.4, 0.5) is 0 Å². The number of hydrogen-bond donors (Lipinski definition) is 0. The second-order valence-corrected chi connectivity index (χ2v) is 6.64. The Bertz CT molecular complexity index is 293. The van der Waals surface area contributed by atoms with E-state index in [-0.39, 0.29) is 0 Å². The molecular formula is C10H24O6S2-2. The van der Waals surface area contributed by atoms with Gasteiger partial charge in [0, 0.05) is 12.5 Å². The lowest BCUT2D eigenvalue weighted by Gasteiger charge is -1.93. The van der Waals surface area contributed by atoms with Gasteiger partial charge in [0.1, 0.15) is 0 Å². The quantitative estimate of drug-likeness (QED) is 0.564. The van der Waals surface area contributed by atoms with Crippen LogP contribution < -0.4 is 0 Å². The molecule has 0 fully saturated rings. The van der Waals surface area contributed by atoms with Crippen LogP contribution in [0.2, 0.25) is 0 Å². The first-order valence-corrected chi connectivity index (χ1v) is 9.36. The SMILES string of the molecule is CCCCCCCC.CS(=O)(=O)[O-].CS(=O)(=O)[O-]. The molecule has 0 saturated heterocycles. The molecule has 0 atom stereocenters. The molecule has 0 rings (SSSR count). The van der Waals surface area contributed by atoms with Gasteiger partial charge in [0.15, 0.2) is 0 Å². The van der Waals surface area contributed by atoms with Crippen LogP contribution in [0.5, 0.6) is 0 Å². The fourth-order valence-electron chi connectivity index (χ4n) is 0.854. The van der Waals surface area contributed by atoms with E-state index in [4.69, 9.17) is 25.9 Å². The summed E-state index contributed by atoms with van der Waals surface area (Å²) in [7, 11) is -7.83. The third-order valence-electron chi connectivity index (χ3n) is 1.46. The molecule has 0 aliphatic heterocycles. The molecule has 114 valence electrons. The maximum Gasteiger partial charge on any atom is 0.0916 e. The molecule has 0 N–H and O–H groups in total. The van der Waals surface area contributed by atoms with E-state index in [1.54, 1.807) is 0 Å². The minimum Gasteiger partial charge on any atom is -0.748 e. The Morgan fingerprint density at radius 3 is 0.944 bits per heavy atom. The lowest BCUT2D eigenvalue weighted by Crippen LogP contribution is -1.88. The molecule has 0 amide bonds.